The fourth-order valence-corrected chi connectivity index (χ4v) is 7.23. The Hall–Kier alpha value is -4.12. The van der Waals surface area contributed by atoms with Crippen molar-refractivity contribution in [3.63, 3.8) is 0 Å². The zero-order valence-corrected chi connectivity index (χ0v) is 33.6. The summed E-state index contributed by atoms with van der Waals surface area (Å²) in [6.45, 7) is 12.3. The molecule has 0 saturated heterocycles. The molecule has 11 heteroatoms. The van der Waals surface area contributed by atoms with Crippen molar-refractivity contribution in [2.24, 2.45) is 11.8 Å². The SMILES string of the molecule is CC(C)C[C@@H](NC(=O)[C@@H](C)N(C)C(=O)[C@@H](NC[C@H]1CCc2cccc(CCCNC(=O)OC(C)(C)C)c2O1)C1CCCCC1)C(=O)OCc1ccccc1. The van der Waals surface area contributed by atoms with E-state index < -0.39 is 41.7 Å². The normalized spacial score (nSPS) is 17.7. The second-order valence-corrected chi connectivity index (χ2v) is 16.4. The van der Waals surface area contributed by atoms with E-state index in [9.17, 15) is 19.2 Å². The third kappa shape index (κ3) is 13.3. The molecule has 0 spiro atoms. The monoisotopic (exact) mass is 748 g/mol. The molecular formula is C43H64N4O7. The Bertz CT molecular complexity index is 1520. The standard InChI is InChI=1S/C43H64N4O7/c1-29(2)26-36(41(50)52-28-31-16-10-8-11-17-31)46-39(48)30(3)47(7)40(49)37(32-18-12-9-13-19-32)45-27-35-24-23-34-21-14-20-33(38(34)53-35)22-15-25-44-42(51)54-43(4,5)6/h8,10-11,14,16-17,20-21,29-30,32,35-37,45H,9,12-13,15,18-19,22-28H2,1-7H3,(H,44,51)(H,46,48)/t30-,35-,36-,37+/m1/s1. The molecule has 2 aromatic rings. The first kappa shape index (κ1) is 42.6. The van der Waals surface area contributed by atoms with Crippen molar-refractivity contribution >= 4 is 23.9 Å². The number of carbonyl (C=O) groups excluding carboxylic acids is 4. The summed E-state index contributed by atoms with van der Waals surface area (Å²) in [7, 11) is 1.67. The lowest BCUT2D eigenvalue weighted by Gasteiger charge is -2.36. The van der Waals surface area contributed by atoms with E-state index in [1.165, 1.54) is 10.5 Å². The number of esters is 1. The van der Waals surface area contributed by atoms with Crippen molar-refractivity contribution in [1.29, 1.82) is 0 Å². The molecule has 1 fully saturated rings. The van der Waals surface area contributed by atoms with Crippen molar-refractivity contribution < 1.29 is 33.4 Å². The molecule has 11 nitrogen and oxygen atoms in total. The number of rotatable bonds is 17. The Morgan fingerprint density at radius 3 is 2.35 bits per heavy atom. The summed E-state index contributed by atoms with van der Waals surface area (Å²) in [4.78, 5) is 54.6. The summed E-state index contributed by atoms with van der Waals surface area (Å²) in [5.41, 5.74) is 2.60. The van der Waals surface area contributed by atoms with Gasteiger partial charge in [-0.2, -0.15) is 0 Å². The number of alkyl carbamates (subject to hydrolysis) is 1. The zero-order valence-electron chi connectivity index (χ0n) is 33.6. The third-order valence-electron chi connectivity index (χ3n) is 10.3. The van der Waals surface area contributed by atoms with Crippen molar-refractivity contribution in [1.82, 2.24) is 20.9 Å². The smallest absolute Gasteiger partial charge is 0.407 e. The highest BCUT2D eigenvalue weighted by atomic mass is 16.6. The molecule has 3 amide bonds. The van der Waals surface area contributed by atoms with Gasteiger partial charge in [0, 0.05) is 20.1 Å². The Morgan fingerprint density at radius 2 is 1.67 bits per heavy atom. The van der Waals surface area contributed by atoms with Crippen LogP contribution in [0, 0.1) is 11.8 Å². The minimum absolute atomic E-state index is 0.123. The van der Waals surface area contributed by atoms with E-state index in [0.29, 0.717) is 19.5 Å². The first-order chi connectivity index (χ1) is 25.7. The molecule has 1 saturated carbocycles. The maximum Gasteiger partial charge on any atom is 0.407 e. The van der Waals surface area contributed by atoms with Crippen LogP contribution in [0.2, 0.25) is 0 Å². The highest BCUT2D eigenvalue weighted by molar-refractivity contribution is 5.91. The first-order valence-electron chi connectivity index (χ1n) is 20.0. The highest BCUT2D eigenvalue weighted by Gasteiger charge is 2.36. The average Bonchev–Trinajstić information content (AvgIpc) is 3.14. The molecule has 54 heavy (non-hydrogen) atoms. The van der Waals surface area contributed by atoms with Gasteiger partial charge in [0.05, 0.1) is 6.04 Å². The highest BCUT2D eigenvalue weighted by Crippen LogP contribution is 2.33. The van der Waals surface area contributed by atoms with Crippen LogP contribution >= 0.6 is 0 Å². The summed E-state index contributed by atoms with van der Waals surface area (Å²) >= 11 is 0. The molecule has 2 aliphatic rings. The quantitative estimate of drug-likeness (QED) is 0.123. The summed E-state index contributed by atoms with van der Waals surface area (Å²) in [6.07, 6.45) is 8.23. The number of fused-ring (bicyclic) bond motifs is 1. The van der Waals surface area contributed by atoms with Crippen LogP contribution < -0.4 is 20.7 Å². The number of para-hydroxylation sites is 1. The van der Waals surface area contributed by atoms with Crippen molar-refractivity contribution in [2.45, 2.75) is 142 Å². The van der Waals surface area contributed by atoms with E-state index in [2.05, 4.69) is 34.1 Å². The molecule has 0 bridgehead atoms. The lowest BCUT2D eigenvalue weighted by Crippen LogP contribution is -2.57. The number of nitrogens with zero attached hydrogens (tertiary/aromatic N) is 1. The zero-order chi connectivity index (χ0) is 39.3. The number of benzene rings is 2. The van der Waals surface area contributed by atoms with Gasteiger partial charge in [0.25, 0.3) is 0 Å². The van der Waals surface area contributed by atoms with Gasteiger partial charge in [-0.25, -0.2) is 9.59 Å². The van der Waals surface area contributed by atoms with Crippen LogP contribution in [0.3, 0.4) is 0 Å². The number of nitrogens with one attached hydrogen (secondary N) is 3. The van der Waals surface area contributed by atoms with Gasteiger partial charge in [0.1, 0.15) is 36.1 Å². The second kappa shape index (κ2) is 20.5. The van der Waals surface area contributed by atoms with Gasteiger partial charge in [-0.15, -0.1) is 0 Å². The van der Waals surface area contributed by atoms with Crippen LogP contribution in [0.5, 0.6) is 5.75 Å². The van der Waals surface area contributed by atoms with E-state index in [4.69, 9.17) is 14.2 Å². The minimum Gasteiger partial charge on any atom is -0.489 e. The van der Waals surface area contributed by atoms with Crippen molar-refractivity contribution in [3.8, 4) is 5.75 Å². The summed E-state index contributed by atoms with van der Waals surface area (Å²) in [6, 6.07) is 13.6. The van der Waals surface area contributed by atoms with Crippen LogP contribution in [0.4, 0.5) is 4.79 Å². The molecule has 298 valence electrons. The van der Waals surface area contributed by atoms with Crippen LogP contribution in [-0.2, 0) is 43.3 Å². The molecule has 0 radical (unpaired) electrons. The maximum absolute atomic E-state index is 14.3. The van der Waals surface area contributed by atoms with Crippen molar-refractivity contribution in [2.75, 3.05) is 20.1 Å². The number of amides is 3. The molecule has 0 aromatic heterocycles. The fraction of sp³-hybridized carbons (Fsp3) is 0.628. The molecule has 4 atom stereocenters. The Balaban J connectivity index is 1.36. The molecule has 3 N–H and O–H groups in total. The van der Waals surface area contributed by atoms with E-state index in [1.54, 1.807) is 14.0 Å². The molecular weight excluding hydrogens is 684 g/mol. The van der Waals surface area contributed by atoms with Gasteiger partial charge < -0.3 is 35.1 Å². The number of likely N-dealkylation sites (N-methyl/N-ethyl adjacent to an activating group) is 1. The van der Waals surface area contributed by atoms with Gasteiger partial charge in [-0.1, -0.05) is 81.6 Å². The van der Waals surface area contributed by atoms with Crippen molar-refractivity contribution in [3.05, 3.63) is 65.2 Å². The Morgan fingerprint density at radius 1 is 0.944 bits per heavy atom. The van der Waals surface area contributed by atoms with Gasteiger partial charge in [0.15, 0.2) is 0 Å². The van der Waals surface area contributed by atoms with Gasteiger partial charge in [-0.3, -0.25) is 9.59 Å². The largest absolute Gasteiger partial charge is 0.489 e. The van der Waals surface area contributed by atoms with Gasteiger partial charge in [0.2, 0.25) is 11.8 Å². The Kier molecular flexibility index (Phi) is 16.2. The van der Waals surface area contributed by atoms with E-state index in [-0.39, 0.29) is 30.5 Å². The molecule has 1 aliphatic heterocycles. The van der Waals surface area contributed by atoms with E-state index in [0.717, 1.165) is 74.7 Å². The first-order valence-corrected chi connectivity index (χ1v) is 20.0. The predicted molar refractivity (Wildman–Crippen MR) is 210 cm³/mol. The lowest BCUT2D eigenvalue weighted by atomic mass is 9.83. The lowest BCUT2D eigenvalue weighted by molar-refractivity contribution is -0.150. The molecule has 4 rings (SSSR count). The average molecular weight is 749 g/mol. The number of ether oxygens (including phenoxy) is 3. The minimum atomic E-state index is -0.822. The number of hydrogen-bond donors (Lipinski definition) is 3. The van der Waals surface area contributed by atoms with Crippen LogP contribution in [0.1, 0.15) is 110 Å². The molecule has 1 heterocycles. The van der Waals surface area contributed by atoms with E-state index >= 15 is 0 Å². The number of hydrogen-bond acceptors (Lipinski definition) is 8. The summed E-state index contributed by atoms with van der Waals surface area (Å²) < 4.78 is 17.5. The number of carbonyl (C=O) groups is 4. The number of aryl methyl sites for hydroxylation is 2. The summed E-state index contributed by atoms with van der Waals surface area (Å²) in [5, 5.41) is 9.33. The Labute approximate surface area is 322 Å². The predicted octanol–water partition coefficient (Wildman–Crippen LogP) is 6.50. The van der Waals surface area contributed by atoms with Crippen LogP contribution in [0.25, 0.3) is 0 Å². The topological polar surface area (TPSA) is 135 Å². The van der Waals surface area contributed by atoms with Gasteiger partial charge in [-0.05, 0) is 101 Å². The maximum atomic E-state index is 14.3. The van der Waals surface area contributed by atoms with Crippen LogP contribution in [0.15, 0.2) is 48.5 Å². The molecule has 2 aromatic carbocycles. The summed E-state index contributed by atoms with van der Waals surface area (Å²) in [5.74, 6) is 0.171. The second-order valence-electron chi connectivity index (χ2n) is 16.4. The molecule has 1 aliphatic carbocycles. The molecule has 0 unspecified atom stereocenters. The van der Waals surface area contributed by atoms with E-state index in [1.807, 2.05) is 65.0 Å². The third-order valence-corrected chi connectivity index (χ3v) is 10.3. The fourth-order valence-electron chi connectivity index (χ4n) is 7.23. The van der Waals surface area contributed by atoms with Crippen LogP contribution in [-0.4, -0.2) is 78.7 Å². The van der Waals surface area contributed by atoms with Gasteiger partial charge >= 0.3 is 12.1 Å².